The molecule has 2 saturated heterocycles. The second-order valence-corrected chi connectivity index (χ2v) is 9.63. The highest BCUT2D eigenvalue weighted by atomic mass is 19.2. The first-order chi connectivity index (χ1) is 18.2. The molecule has 5 heterocycles. The summed E-state index contributed by atoms with van der Waals surface area (Å²) in [6.07, 6.45) is 6.98. The number of nitrogens with zero attached hydrogens (tertiary/aromatic N) is 6. The number of anilines is 4. The fourth-order valence-corrected chi connectivity index (χ4v) is 5.34. The van der Waals surface area contributed by atoms with Gasteiger partial charge in [0.05, 0.1) is 47.7 Å². The molecule has 3 aromatic heterocycles. The largest absolute Gasteiger partial charge is 0.378 e. The Bertz CT molecular complexity index is 1390. The van der Waals surface area contributed by atoms with E-state index in [9.17, 15) is 0 Å². The minimum atomic E-state index is 0.456. The molecule has 0 unspecified atom stereocenters. The van der Waals surface area contributed by atoms with Gasteiger partial charge in [-0.3, -0.25) is 4.98 Å². The van der Waals surface area contributed by atoms with Gasteiger partial charge in [0.15, 0.2) is 5.82 Å². The predicted molar refractivity (Wildman–Crippen MR) is 146 cm³/mol. The van der Waals surface area contributed by atoms with Crippen LogP contribution < -0.4 is 14.9 Å². The molecular weight excluding hydrogens is 467 g/mol. The van der Waals surface area contributed by atoms with Crippen molar-refractivity contribution in [3.8, 4) is 11.4 Å². The molecule has 0 saturated carbocycles. The Balaban J connectivity index is 1.53. The second-order valence-electron chi connectivity index (χ2n) is 9.63. The van der Waals surface area contributed by atoms with E-state index in [4.69, 9.17) is 14.7 Å². The van der Waals surface area contributed by atoms with Crippen LogP contribution in [0.4, 0.5) is 27.4 Å². The van der Waals surface area contributed by atoms with E-state index in [0.717, 1.165) is 72.0 Å². The third-order valence-corrected chi connectivity index (χ3v) is 7.28. The summed E-state index contributed by atoms with van der Waals surface area (Å²) in [6, 6.07) is 15.4. The number of aromatic nitrogens is 3. The van der Waals surface area contributed by atoms with Crippen molar-refractivity contribution in [1.82, 2.24) is 15.0 Å². The molecule has 0 bridgehead atoms. The van der Waals surface area contributed by atoms with Crippen LogP contribution in [0.25, 0.3) is 22.3 Å². The molecule has 2 aliphatic rings. The van der Waals surface area contributed by atoms with Crippen molar-refractivity contribution in [3.63, 3.8) is 0 Å². The van der Waals surface area contributed by atoms with Gasteiger partial charge in [0.25, 0.3) is 0 Å². The van der Waals surface area contributed by atoms with E-state index in [1.54, 1.807) is 6.20 Å². The fourth-order valence-electron chi connectivity index (χ4n) is 5.34. The van der Waals surface area contributed by atoms with Crippen LogP contribution in [0.2, 0.25) is 0 Å². The molecule has 0 amide bonds. The van der Waals surface area contributed by atoms with Crippen molar-refractivity contribution in [2.75, 3.05) is 54.3 Å². The summed E-state index contributed by atoms with van der Waals surface area (Å²) >= 11 is 0. The minimum Gasteiger partial charge on any atom is -0.378 e. The van der Waals surface area contributed by atoms with Crippen molar-refractivity contribution in [3.05, 3.63) is 66.5 Å². The lowest BCUT2D eigenvalue weighted by molar-refractivity contribution is 0.122. The Kier molecular flexibility index (Phi) is 6.57. The predicted octanol–water partition coefficient (Wildman–Crippen LogP) is 5.85. The van der Waals surface area contributed by atoms with E-state index in [1.165, 1.54) is 6.42 Å². The van der Waals surface area contributed by atoms with Gasteiger partial charge in [-0.25, -0.2) is 9.97 Å². The number of hydrogen-bond donors (Lipinski definition) is 0. The number of hydrogen-bond acceptors (Lipinski definition) is 7. The van der Waals surface area contributed by atoms with E-state index >= 15 is 4.48 Å². The second kappa shape index (κ2) is 10.3. The molecule has 4 aromatic rings. The molecule has 0 atom stereocenters. The minimum absolute atomic E-state index is 0.456. The number of para-hydroxylation sites is 1. The van der Waals surface area contributed by atoms with Crippen LogP contribution in [-0.4, -0.2) is 54.3 Å². The summed E-state index contributed by atoms with van der Waals surface area (Å²) in [4.78, 5) is 18.7. The van der Waals surface area contributed by atoms with Gasteiger partial charge in [0, 0.05) is 43.3 Å². The van der Waals surface area contributed by atoms with Crippen LogP contribution in [0.15, 0.2) is 60.9 Å². The van der Waals surface area contributed by atoms with Crippen LogP contribution in [0.5, 0.6) is 0 Å². The molecule has 37 heavy (non-hydrogen) atoms. The highest BCUT2D eigenvalue weighted by molar-refractivity contribution is 5.98. The fraction of sp³-hybridized carbons (Fsp3) is 0.345. The van der Waals surface area contributed by atoms with Gasteiger partial charge >= 0.3 is 0 Å². The Morgan fingerprint density at radius 2 is 1.68 bits per heavy atom. The third-order valence-electron chi connectivity index (χ3n) is 7.28. The number of pyridine rings is 3. The zero-order valence-corrected chi connectivity index (χ0v) is 21.1. The van der Waals surface area contributed by atoms with Gasteiger partial charge in [-0.2, -0.15) is 5.12 Å². The lowest BCUT2D eigenvalue weighted by Gasteiger charge is -2.33. The first kappa shape index (κ1) is 23.6. The molecule has 0 radical (unpaired) electrons. The van der Waals surface area contributed by atoms with Gasteiger partial charge in [-0.05, 0) is 50.5 Å². The molecule has 0 aliphatic carbocycles. The standard InChI is InChI=1S/C29H31FN6O/c1-21-27(25-11-5-6-12-31-25)33-24-10-4-3-9-23(24)28(21)36(30)26-19-22(34-15-17-37-18-16-34)20-32-29(26)35-13-7-2-8-14-35/h3-6,9-12,19-20H,2,7-8,13-18H2,1H3. The zero-order chi connectivity index (χ0) is 25.2. The number of ether oxygens (including phenoxy) is 1. The molecule has 6 rings (SSSR count). The summed E-state index contributed by atoms with van der Waals surface area (Å²) < 4.78 is 22.5. The van der Waals surface area contributed by atoms with E-state index < -0.39 is 0 Å². The first-order valence-electron chi connectivity index (χ1n) is 13.0. The van der Waals surface area contributed by atoms with E-state index in [-0.39, 0.29) is 0 Å². The number of piperidine rings is 1. The molecule has 2 aliphatic heterocycles. The average Bonchev–Trinajstić information content (AvgIpc) is 2.97. The summed E-state index contributed by atoms with van der Waals surface area (Å²) in [6.45, 7) is 6.51. The van der Waals surface area contributed by atoms with E-state index in [2.05, 4.69) is 14.8 Å². The molecule has 7 nitrogen and oxygen atoms in total. The van der Waals surface area contributed by atoms with Gasteiger partial charge in [-0.1, -0.05) is 28.7 Å². The number of fused-ring (bicyclic) bond motifs is 1. The third kappa shape index (κ3) is 4.57. The maximum atomic E-state index is 17.0. The molecule has 1 aromatic carbocycles. The maximum Gasteiger partial charge on any atom is 0.155 e. The zero-order valence-electron chi connectivity index (χ0n) is 21.1. The lowest BCUT2D eigenvalue weighted by atomic mass is 10.0. The number of halogens is 1. The Morgan fingerprint density at radius 3 is 2.46 bits per heavy atom. The van der Waals surface area contributed by atoms with Gasteiger partial charge < -0.3 is 14.5 Å². The highest BCUT2D eigenvalue weighted by Gasteiger charge is 2.27. The topological polar surface area (TPSA) is 57.6 Å². The molecule has 0 spiro atoms. The van der Waals surface area contributed by atoms with Crippen LogP contribution >= 0.6 is 0 Å². The quantitative estimate of drug-likeness (QED) is 0.320. The molecule has 0 N–H and O–H groups in total. The van der Waals surface area contributed by atoms with Crippen molar-refractivity contribution in [2.45, 2.75) is 26.2 Å². The SMILES string of the molecule is Cc1c(-c2ccccn2)nc2ccccc2c1N(F)c1cc(N2CCOCC2)cnc1N1CCCCC1. The van der Waals surface area contributed by atoms with E-state index in [0.29, 0.717) is 36.1 Å². The van der Waals surface area contributed by atoms with E-state index in [1.807, 2.05) is 61.7 Å². The highest BCUT2D eigenvalue weighted by Crippen LogP contribution is 2.43. The molecular formula is C29H31FN6O. The summed E-state index contributed by atoms with van der Waals surface area (Å²) in [7, 11) is 0. The van der Waals surface area contributed by atoms with Gasteiger partial charge in [-0.15, -0.1) is 0 Å². The van der Waals surface area contributed by atoms with Crippen molar-refractivity contribution < 1.29 is 9.22 Å². The average molecular weight is 499 g/mol. The normalized spacial score (nSPS) is 16.3. The smallest absolute Gasteiger partial charge is 0.155 e. The maximum absolute atomic E-state index is 17.0. The Hall–Kier alpha value is -3.78. The van der Waals surface area contributed by atoms with Gasteiger partial charge in [0.2, 0.25) is 0 Å². The molecule has 2 fully saturated rings. The Labute approximate surface area is 216 Å². The first-order valence-corrected chi connectivity index (χ1v) is 13.0. The summed E-state index contributed by atoms with van der Waals surface area (Å²) in [5, 5.41) is 1.58. The van der Waals surface area contributed by atoms with Gasteiger partial charge in [0.1, 0.15) is 5.69 Å². The number of rotatable bonds is 5. The summed E-state index contributed by atoms with van der Waals surface area (Å²) in [5.41, 5.74) is 4.69. The van der Waals surface area contributed by atoms with Crippen LogP contribution in [0.3, 0.4) is 0 Å². The Morgan fingerprint density at radius 1 is 0.892 bits per heavy atom. The molecule has 8 heteroatoms. The van der Waals surface area contributed by atoms with Crippen molar-refractivity contribution in [1.29, 1.82) is 0 Å². The number of benzene rings is 1. The van der Waals surface area contributed by atoms with Crippen LogP contribution in [0.1, 0.15) is 24.8 Å². The number of morpholine rings is 1. The lowest BCUT2D eigenvalue weighted by Crippen LogP contribution is -2.36. The van der Waals surface area contributed by atoms with Crippen LogP contribution in [-0.2, 0) is 4.74 Å². The van der Waals surface area contributed by atoms with Crippen molar-refractivity contribution >= 4 is 33.8 Å². The monoisotopic (exact) mass is 498 g/mol. The summed E-state index contributed by atoms with van der Waals surface area (Å²) in [5.74, 6) is 0.680. The van der Waals surface area contributed by atoms with Crippen LogP contribution in [0, 0.1) is 6.92 Å². The van der Waals surface area contributed by atoms with Crippen molar-refractivity contribution in [2.24, 2.45) is 0 Å². The molecule has 190 valence electrons.